The zero-order chi connectivity index (χ0) is 33.1. The molecule has 1 aliphatic rings. The molecule has 4 heterocycles. The molecule has 15 heteroatoms. The lowest BCUT2D eigenvalue weighted by atomic mass is 9.99. The number of hydrogen-bond acceptors (Lipinski definition) is 8. The van der Waals surface area contributed by atoms with E-state index in [0.29, 0.717) is 44.6 Å². The largest absolute Gasteiger partial charge is 0.480 e. The van der Waals surface area contributed by atoms with Crippen molar-refractivity contribution in [3.05, 3.63) is 53.1 Å². The predicted molar refractivity (Wildman–Crippen MR) is 168 cm³/mol. The molecule has 0 unspecified atom stereocenters. The number of nitrogen functional groups attached to an aromatic ring is 1. The smallest absolute Gasteiger partial charge is 0.407 e. The highest BCUT2D eigenvalue weighted by molar-refractivity contribution is 6.14. The number of benzene rings is 1. The van der Waals surface area contributed by atoms with Crippen LogP contribution in [-0.4, -0.2) is 70.4 Å². The van der Waals surface area contributed by atoms with Crippen LogP contribution in [0.1, 0.15) is 39.7 Å². The van der Waals surface area contributed by atoms with Crippen molar-refractivity contribution in [3.8, 4) is 22.4 Å². The summed E-state index contributed by atoms with van der Waals surface area (Å²) in [5, 5.41) is 16.6. The first-order valence-corrected chi connectivity index (χ1v) is 14.7. The molecule has 1 aromatic carbocycles. The molecule has 1 fully saturated rings. The zero-order valence-electron chi connectivity index (χ0n) is 26.0. The quantitative estimate of drug-likeness (QED) is 0.194. The summed E-state index contributed by atoms with van der Waals surface area (Å²) in [6.45, 7) is 4.62. The summed E-state index contributed by atoms with van der Waals surface area (Å²) >= 11 is 0. The van der Waals surface area contributed by atoms with E-state index in [1.165, 1.54) is 9.25 Å². The summed E-state index contributed by atoms with van der Waals surface area (Å²) in [6, 6.07) is 5.92. The number of alkyl carbamates (subject to hydrolysis) is 1. The molecule has 0 radical (unpaired) electrons. The summed E-state index contributed by atoms with van der Waals surface area (Å²) < 4.78 is 30.8. The number of aryl methyl sites for hydroxylation is 2. The average molecular weight is 635 g/mol. The van der Waals surface area contributed by atoms with Crippen LogP contribution in [0.5, 0.6) is 0 Å². The number of halogens is 1. The third-order valence-electron chi connectivity index (χ3n) is 8.09. The fraction of sp³-hybridized carbons (Fsp3) is 0.387. The van der Waals surface area contributed by atoms with Gasteiger partial charge in [-0.1, -0.05) is 12.1 Å². The van der Waals surface area contributed by atoms with Crippen molar-refractivity contribution in [2.45, 2.75) is 57.4 Å². The van der Waals surface area contributed by atoms with E-state index in [1.54, 1.807) is 64.0 Å². The number of nitrogens with one attached hydrogen (secondary N) is 2. The summed E-state index contributed by atoms with van der Waals surface area (Å²) in [6.07, 6.45) is 2.20. The Labute approximate surface area is 261 Å². The number of fused-ring (bicyclic) bond motifs is 3. The molecule has 0 bridgehead atoms. The summed E-state index contributed by atoms with van der Waals surface area (Å²) in [5.41, 5.74) is 8.85. The van der Waals surface area contributed by atoms with Gasteiger partial charge in [-0.05, 0) is 51.3 Å². The van der Waals surface area contributed by atoms with E-state index in [9.17, 15) is 19.5 Å². The first-order chi connectivity index (χ1) is 21.7. The Hall–Kier alpha value is -5.18. The molecule has 6 rings (SSSR count). The van der Waals surface area contributed by atoms with Gasteiger partial charge in [0.2, 0.25) is 5.95 Å². The maximum atomic E-state index is 15.2. The van der Waals surface area contributed by atoms with E-state index < -0.39 is 48.4 Å². The van der Waals surface area contributed by atoms with E-state index in [2.05, 4.69) is 20.4 Å². The van der Waals surface area contributed by atoms with E-state index in [1.807, 2.05) is 12.1 Å². The lowest BCUT2D eigenvalue weighted by Crippen LogP contribution is -2.44. The molecule has 5 N–H and O–H groups in total. The van der Waals surface area contributed by atoms with Gasteiger partial charge in [0.15, 0.2) is 0 Å². The van der Waals surface area contributed by atoms with Gasteiger partial charge in [-0.25, -0.2) is 19.4 Å². The number of aromatic amines is 1. The number of amides is 1. The Bertz CT molecular complexity index is 2030. The van der Waals surface area contributed by atoms with Crippen molar-refractivity contribution >= 4 is 39.8 Å². The Kier molecular flexibility index (Phi) is 7.58. The molecule has 1 aliphatic carbocycles. The number of carbonyl (C=O) groups excluding carboxylic acids is 1. The molecule has 14 nitrogen and oxygen atoms in total. The number of pyridine rings is 1. The second-order valence-electron chi connectivity index (χ2n) is 12.6. The number of ether oxygens (including phenoxy) is 2. The van der Waals surface area contributed by atoms with Crippen molar-refractivity contribution in [2.24, 2.45) is 14.1 Å². The third-order valence-corrected chi connectivity index (χ3v) is 8.09. The van der Waals surface area contributed by atoms with Gasteiger partial charge in [0, 0.05) is 37.6 Å². The second kappa shape index (κ2) is 11.3. The van der Waals surface area contributed by atoms with E-state index in [0.717, 1.165) is 0 Å². The van der Waals surface area contributed by atoms with Crippen molar-refractivity contribution in [3.63, 3.8) is 0 Å². The third kappa shape index (κ3) is 5.57. The number of carboxylic acid groups (broad SMARTS) is 1. The van der Waals surface area contributed by atoms with Crippen LogP contribution in [0.4, 0.5) is 14.9 Å². The van der Waals surface area contributed by atoms with Crippen molar-refractivity contribution in [1.82, 2.24) is 34.2 Å². The number of H-pyrrole nitrogens is 1. The van der Waals surface area contributed by atoms with E-state index in [4.69, 9.17) is 15.2 Å². The molecular weight excluding hydrogens is 599 g/mol. The molecule has 0 spiro atoms. The Balaban J connectivity index is 1.55. The first kappa shape index (κ1) is 30.8. The molecule has 3 atom stereocenters. The average Bonchev–Trinajstić information content (AvgIpc) is 3.69. The topological polar surface area (TPSA) is 184 Å². The predicted octanol–water partition coefficient (Wildman–Crippen LogP) is 3.70. The molecule has 4 aromatic heterocycles. The van der Waals surface area contributed by atoms with Crippen LogP contribution in [0.15, 0.2) is 41.5 Å². The monoisotopic (exact) mass is 634 g/mol. The fourth-order valence-corrected chi connectivity index (χ4v) is 6.24. The number of carbonyl (C=O) groups is 2. The Morgan fingerprint density at radius 1 is 1.20 bits per heavy atom. The SMILES string of the molecule is Cn1cc(-c2[nH]c3ncc4c(c3c2-c2ccc(N)cc2)n([C@H]2C[C@H](NC(=O)OC(C)(C)C)[C@H](OCC(=O)O)C2)c(=O)n4C)c(F)n1. The molecular formula is C31H35FN8O6. The van der Waals surface area contributed by atoms with Gasteiger partial charge >= 0.3 is 17.8 Å². The maximum absolute atomic E-state index is 15.2. The molecule has 242 valence electrons. The van der Waals surface area contributed by atoms with Crippen LogP contribution in [0.3, 0.4) is 0 Å². The molecule has 46 heavy (non-hydrogen) atoms. The Morgan fingerprint density at radius 2 is 1.91 bits per heavy atom. The summed E-state index contributed by atoms with van der Waals surface area (Å²) in [5.74, 6) is -1.84. The number of imidazole rings is 1. The van der Waals surface area contributed by atoms with Crippen LogP contribution >= 0.6 is 0 Å². The van der Waals surface area contributed by atoms with E-state index >= 15 is 4.39 Å². The fourth-order valence-electron chi connectivity index (χ4n) is 6.24. The zero-order valence-corrected chi connectivity index (χ0v) is 26.0. The number of nitrogens with two attached hydrogens (primary N) is 1. The number of hydrogen-bond donors (Lipinski definition) is 4. The minimum Gasteiger partial charge on any atom is -0.480 e. The van der Waals surface area contributed by atoms with Crippen LogP contribution in [0.25, 0.3) is 44.5 Å². The highest BCUT2D eigenvalue weighted by atomic mass is 19.1. The number of rotatable bonds is 7. The minimum absolute atomic E-state index is 0.218. The summed E-state index contributed by atoms with van der Waals surface area (Å²) in [7, 11) is 3.25. The van der Waals surface area contributed by atoms with Gasteiger partial charge < -0.3 is 30.6 Å². The van der Waals surface area contributed by atoms with Gasteiger partial charge in [0.05, 0.1) is 46.0 Å². The Morgan fingerprint density at radius 3 is 2.54 bits per heavy atom. The highest BCUT2D eigenvalue weighted by Crippen LogP contribution is 2.43. The van der Waals surface area contributed by atoms with Crippen molar-refractivity contribution in [1.29, 1.82) is 0 Å². The van der Waals surface area contributed by atoms with Crippen LogP contribution in [-0.2, 0) is 28.4 Å². The minimum atomic E-state index is -1.16. The summed E-state index contributed by atoms with van der Waals surface area (Å²) in [4.78, 5) is 46.0. The molecule has 0 saturated heterocycles. The lowest BCUT2D eigenvalue weighted by molar-refractivity contribution is -0.144. The number of aromatic nitrogens is 6. The van der Waals surface area contributed by atoms with Gasteiger partial charge in [-0.3, -0.25) is 13.8 Å². The van der Waals surface area contributed by atoms with Gasteiger partial charge in [0.1, 0.15) is 17.9 Å². The van der Waals surface area contributed by atoms with E-state index in [-0.39, 0.29) is 24.1 Å². The standard InChI is InChI=1S/C31H35FN8O6/c1-31(2,3)46-29(43)35-19-10-17(11-21(19)45-14-22(41)42)40-26-20(39(5)30(40)44)12-34-28-24(26)23(15-6-8-16(33)9-7-15)25(36-28)18-13-38(4)37-27(18)32/h6-9,12-13,17,19,21H,10-11,14,33H2,1-5H3,(H,34,36)(H,35,43)(H,41,42)/t17-,19-,21+/m0/s1. The van der Waals surface area contributed by atoms with Crippen molar-refractivity contribution in [2.75, 3.05) is 12.3 Å². The highest BCUT2D eigenvalue weighted by Gasteiger charge is 2.40. The first-order valence-electron chi connectivity index (χ1n) is 14.7. The lowest BCUT2D eigenvalue weighted by Gasteiger charge is -2.24. The van der Waals surface area contributed by atoms with Crippen LogP contribution in [0.2, 0.25) is 0 Å². The molecule has 1 saturated carbocycles. The molecule has 1 amide bonds. The molecule has 5 aromatic rings. The van der Waals surface area contributed by atoms with Crippen LogP contribution < -0.4 is 16.7 Å². The number of anilines is 1. The molecule has 0 aliphatic heterocycles. The number of aliphatic carboxylic acids is 1. The number of carboxylic acids is 1. The van der Waals surface area contributed by atoms with Gasteiger partial charge in [-0.15, -0.1) is 5.10 Å². The second-order valence-corrected chi connectivity index (χ2v) is 12.6. The van der Waals surface area contributed by atoms with Crippen molar-refractivity contribution < 1.29 is 28.6 Å². The van der Waals surface area contributed by atoms with Crippen LogP contribution in [0, 0.1) is 5.95 Å². The number of nitrogens with zero attached hydrogens (tertiary/aromatic N) is 5. The normalized spacial score (nSPS) is 18.4. The maximum Gasteiger partial charge on any atom is 0.407 e. The van der Waals surface area contributed by atoms with Gasteiger partial charge in [0.25, 0.3) is 0 Å². The van der Waals surface area contributed by atoms with Gasteiger partial charge in [-0.2, -0.15) is 4.39 Å².